The Bertz CT molecular complexity index is 127. The molecule has 0 aliphatic rings. The zero-order valence-electron chi connectivity index (χ0n) is 6.60. The van der Waals surface area contributed by atoms with Crippen molar-refractivity contribution in [1.29, 1.82) is 0 Å². The minimum atomic E-state index is 0.560. The second kappa shape index (κ2) is 6.81. The first-order valence-corrected chi connectivity index (χ1v) is 4.16. The van der Waals surface area contributed by atoms with E-state index in [1.54, 1.807) is 0 Å². The second-order valence-corrected chi connectivity index (χ2v) is 2.23. The summed E-state index contributed by atoms with van der Waals surface area (Å²) in [6, 6.07) is 0. The second-order valence-electron chi connectivity index (χ2n) is 1.92. The quantitative estimate of drug-likeness (QED) is 0.442. The van der Waals surface area contributed by atoms with E-state index in [4.69, 9.17) is 11.6 Å². The fraction of sp³-hybridized carbons (Fsp3) is 0.625. The molecule has 0 aliphatic heterocycles. The Hall–Kier alpha value is -0.300. The van der Waals surface area contributed by atoms with E-state index >= 15 is 0 Å². The average molecular weight is 160 g/mol. The normalized spacial score (nSPS) is 12.9. The SMILES string of the molecule is CCC=NC(=CCCl)CC. The largest absolute Gasteiger partial charge is 0.266 e. The van der Waals surface area contributed by atoms with Crippen molar-refractivity contribution >= 4 is 17.8 Å². The predicted octanol–water partition coefficient (Wildman–Crippen LogP) is 3.00. The standard InChI is InChI=1S/C8H14ClN/c1-3-7-10-8(4-2)5-6-9/h5,7H,3-4,6H2,1-2H3. The molecule has 0 rings (SSSR count). The van der Waals surface area contributed by atoms with Crippen molar-refractivity contribution < 1.29 is 0 Å². The Morgan fingerprint density at radius 2 is 2.20 bits per heavy atom. The number of nitrogens with zero attached hydrogens (tertiary/aromatic N) is 1. The van der Waals surface area contributed by atoms with E-state index in [0.717, 1.165) is 18.5 Å². The van der Waals surface area contributed by atoms with Crippen LogP contribution >= 0.6 is 11.6 Å². The predicted molar refractivity (Wildman–Crippen MR) is 47.9 cm³/mol. The lowest BCUT2D eigenvalue weighted by atomic mass is 10.3. The average Bonchev–Trinajstić information content (AvgIpc) is 1.98. The van der Waals surface area contributed by atoms with E-state index in [1.165, 1.54) is 0 Å². The molecular formula is C8H14ClN. The molecule has 0 atom stereocenters. The molecule has 2 heteroatoms. The van der Waals surface area contributed by atoms with Crippen molar-refractivity contribution in [2.75, 3.05) is 5.88 Å². The third-order valence-electron chi connectivity index (χ3n) is 1.11. The first kappa shape index (κ1) is 9.70. The van der Waals surface area contributed by atoms with Gasteiger partial charge in [0, 0.05) is 17.8 Å². The van der Waals surface area contributed by atoms with Crippen molar-refractivity contribution in [2.45, 2.75) is 26.7 Å². The Morgan fingerprint density at radius 1 is 1.50 bits per heavy atom. The maximum Gasteiger partial charge on any atom is 0.0424 e. The molecule has 0 saturated heterocycles. The minimum Gasteiger partial charge on any atom is -0.266 e. The third kappa shape index (κ3) is 4.57. The molecule has 0 bridgehead atoms. The molecular weight excluding hydrogens is 146 g/mol. The molecule has 0 radical (unpaired) electrons. The van der Waals surface area contributed by atoms with Crippen LogP contribution in [-0.4, -0.2) is 12.1 Å². The molecule has 0 aromatic carbocycles. The summed E-state index contributed by atoms with van der Waals surface area (Å²) in [7, 11) is 0. The van der Waals surface area contributed by atoms with Gasteiger partial charge in [-0.1, -0.05) is 13.8 Å². The molecule has 1 nitrogen and oxygen atoms in total. The van der Waals surface area contributed by atoms with Gasteiger partial charge in [-0.3, -0.25) is 4.99 Å². The molecule has 0 spiro atoms. The maximum atomic E-state index is 5.50. The van der Waals surface area contributed by atoms with Crippen LogP contribution in [0.15, 0.2) is 16.8 Å². The lowest BCUT2D eigenvalue weighted by Crippen LogP contribution is -1.78. The lowest BCUT2D eigenvalue weighted by molar-refractivity contribution is 1.06. The van der Waals surface area contributed by atoms with Gasteiger partial charge < -0.3 is 0 Å². The molecule has 0 aromatic rings. The maximum absolute atomic E-state index is 5.50. The van der Waals surface area contributed by atoms with E-state index in [2.05, 4.69) is 18.8 Å². The van der Waals surface area contributed by atoms with Crippen LogP contribution in [0.25, 0.3) is 0 Å². The van der Waals surface area contributed by atoms with E-state index in [9.17, 15) is 0 Å². The Morgan fingerprint density at radius 3 is 2.60 bits per heavy atom. The fourth-order valence-corrected chi connectivity index (χ4v) is 0.764. The zero-order chi connectivity index (χ0) is 7.82. The lowest BCUT2D eigenvalue weighted by Gasteiger charge is -1.92. The van der Waals surface area contributed by atoms with Gasteiger partial charge in [0.15, 0.2) is 0 Å². The van der Waals surface area contributed by atoms with E-state index < -0.39 is 0 Å². The van der Waals surface area contributed by atoms with Gasteiger partial charge in [0.25, 0.3) is 0 Å². The number of alkyl halides is 1. The van der Waals surface area contributed by atoms with Crippen LogP contribution in [0.1, 0.15) is 26.7 Å². The summed E-state index contributed by atoms with van der Waals surface area (Å²) < 4.78 is 0. The zero-order valence-corrected chi connectivity index (χ0v) is 7.36. The summed E-state index contributed by atoms with van der Waals surface area (Å²) in [6.07, 6.45) is 5.79. The van der Waals surface area contributed by atoms with Crippen LogP contribution in [0.4, 0.5) is 0 Å². The molecule has 10 heavy (non-hydrogen) atoms. The van der Waals surface area contributed by atoms with Crippen molar-refractivity contribution in [3.63, 3.8) is 0 Å². The number of hydrogen-bond acceptors (Lipinski definition) is 1. The number of hydrogen-bond donors (Lipinski definition) is 0. The summed E-state index contributed by atoms with van der Waals surface area (Å²) in [5, 5.41) is 0. The van der Waals surface area contributed by atoms with E-state index in [1.807, 2.05) is 12.3 Å². The van der Waals surface area contributed by atoms with Gasteiger partial charge in [-0.25, -0.2) is 0 Å². The number of halogens is 1. The van der Waals surface area contributed by atoms with Crippen molar-refractivity contribution in [3.05, 3.63) is 11.8 Å². The molecule has 0 unspecified atom stereocenters. The van der Waals surface area contributed by atoms with Crippen LogP contribution in [0, 0.1) is 0 Å². The Kier molecular flexibility index (Phi) is 6.61. The van der Waals surface area contributed by atoms with E-state index in [-0.39, 0.29) is 0 Å². The highest BCUT2D eigenvalue weighted by Crippen LogP contribution is 2.01. The molecule has 0 fully saturated rings. The van der Waals surface area contributed by atoms with Gasteiger partial charge in [0.05, 0.1) is 0 Å². The monoisotopic (exact) mass is 159 g/mol. The summed E-state index contributed by atoms with van der Waals surface area (Å²) in [5.41, 5.74) is 1.08. The number of aliphatic imine (C=N–C) groups is 1. The Balaban J connectivity index is 3.82. The molecule has 0 heterocycles. The van der Waals surface area contributed by atoms with Crippen molar-refractivity contribution in [1.82, 2.24) is 0 Å². The molecule has 58 valence electrons. The summed E-state index contributed by atoms with van der Waals surface area (Å²) in [4.78, 5) is 4.20. The summed E-state index contributed by atoms with van der Waals surface area (Å²) in [5.74, 6) is 0.560. The first-order valence-electron chi connectivity index (χ1n) is 3.62. The van der Waals surface area contributed by atoms with Gasteiger partial charge in [-0.05, 0) is 18.9 Å². The molecule has 0 saturated carbocycles. The van der Waals surface area contributed by atoms with Gasteiger partial charge in [0.1, 0.15) is 0 Å². The topological polar surface area (TPSA) is 12.4 Å². The highest BCUT2D eigenvalue weighted by Gasteiger charge is 1.85. The molecule has 0 amide bonds. The summed E-state index contributed by atoms with van der Waals surface area (Å²) in [6.45, 7) is 4.14. The molecule has 0 aliphatic carbocycles. The van der Waals surface area contributed by atoms with E-state index in [0.29, 0.717) is 5.88 Å². The number of allylic oxidation sites excluding steroid dienone is 2. The highest BCUT2D eigenvalue weighted by atomic mass is 35.5. The smallest absolute Gasteiger partial charge is 0.0424 e. The van der Waals surface area contributed by atoms with Crippen molar-refractivity contribution in [2.24, 2.45) is 4.99 Å². The van der Waals surface area contributed by atoms with Gasteiger partial charge in [-0.15, -0.1) is 11.6 Å². The van der Waals surface area contributed by atoms with Gasteiger partial charge >= 0.3 is 0 Å². The van der Waals surface area contributed by atoms with Gasteiger partial charge in [0.2, 0.25) is 0 Å². The van der Waals surface area contributed by atoms with Crippen LogP contribution < -0.4 is 0 Å². The number of rotatable bonds is 4. The van der Waals surface area contributed by atoms with Crippen LogP contribution in [0.2, 0.25) is 0 Å². The third-order valence-corrected chi connectivity index (χ3v) is 1.27. The molecule has 0 N–H and O–H groups in total. The summed E-state index contributed by atoms with van der Waals surface area (Å²) >= 11 is 5.50. The first-order chi connectivity index (χ1) is 4.85. The minimum absolute atomic E-state index is 0.560. The van der Waals surface area contributed by atoms with Crippen molar-refractivity contribution in [3.8, 4) is 0 Å². The van der Waals surface area contributed by atoms with Crippen LogP contribution in [0.5, 0.6) is 0 Å². The van der Waals surface area contributed by atoms with Crippen LogP contribution in [0.3, 0.4) is 0 Å². The Labute approximate surface area is 67.8 Å². The van der Waals surface area contributed by atoms with Gasteiger partial charge in [-0.2, -0.15) is 0 Å². The molecule has 0 aromatic heterocycles. The van der Waals surface area contributed by atoms with Crippen LogP contribution in [-0.2, 0) is 0 Å². The highest BCUT2D eigenvalue weighted by molar-refractivity contribution is 6.18. The fourth-order valence-electron chi connectivity index (χ4n) is 0.586.